The summed E-state index contributed by atoms with van der Waals surface area (Å²) in [6.07, 6.45) is 10.6. The number of benzene rings is 2. The number of hydrogen-bond donors (Lipinski definition) is 0. The summed E-state index contributed by atoms with van der Waals surface area (Å²) in [5, 5.41) is 0. The van der Waals surface area contributed by atoms with Gasteiger partial charge in [0.2, 0.25) is 0 Å². The molecular formula is C21H25BrO. The van der Waals surface area contributed by atoms with Crippen LogP contribution in [0.3, 0.4) is 0 Å². The number of ether oxygens (including phenoxy) is 1. The highest BCUT2D eigenvalue weighted by molar-refractivity contribution is 9.10. The third kappa shape index (κ3) is 7.04. The molecule has 0 fully saturated rings. The number of unbranched alkanes of at least 4 members (excludes halogenated alkanes) is 4. The Morgan fingerprint density at radius 1 is 0.783 bits per heavy atom. The van der Waals surface area contributed by atoms with Gasteiger partial charge in [0.25, 0.3) is 0 Å². The number of halogens is 1. The highest BCUT2D eigenvalue weighted by Gasteiger charge is 1.95. The van der Waals surface area contributed by atoms with Crippen LogP contribution < -0.4 is 4.74 Å². The van der Waals surface area contributed by atoms with E-state index in [0.717, 1.165) is 23.2 Å². The van der Waals surface area contributed by atoms with Crippen molar-refractivity contribution in [3.8, 4) is 5.75 Å². The molecule has 0 atom stereocenters. The summed E-state index contributed by atoms with van der Waals surface area (Å²) in [5.74, 6) is 0.960. The van der Waals surface area contributed by atoms with E-state index < -0.39 is 0 Å². The third-order valence-electron chi connectivity index (χ3n) is 3.73. The van der Waals surface area contributed by atoms with Crippen LogP contribution in [0.2, 0.25) is 0 Å². The van der Waals surface area contributed by atoms with E-state index in [9.17, 15) is 0 Å². The van der Waals surface area contributed by atoms with Crippen LogP contribution in [-0.4, -0.2) is 6.61 Å². The van der Waals surface area contributed by atoms with Gasteiger partial charge < -0.3 is 4.74 Å². The second-order valence-electron chi connectivity index (χ2n) is 5.72. The summed E-state index contributed by atoms with van der Waals surface area (Å²) in [6.45, 7) is 3.06. The first-order valence-electron chi connectivity index (χ1n) is 8.44. The van der Waals surface area contributed by atoms with Crippen LogP contribution in [0, 0.1) is 0 Å². The lowest BCUT2D eigenvalue weighted by atomic mass is 10.1. The van der Waals surface area contributed by atoms with Crippen molar-refractivity contribution in [1.82, 2.24) is 0 Å². The highest BCUT2D eigenvalue weighted by Crippen LogP contribution is 2.16. The molecule has 2 heteroatoms. The molecule has 0 aliphatic carbocycles. The summed E-state index contributed by atoms with van der Waals surface area (Å²) in [4.78, 5) is 0. The molecular weight excluding hydrogens is 348 g/mol. The van der Waals surface area contributed by atoms with Gasteiger partial charge in [-0.1, -0.05) is 85.0 Å². The fourth-order valence-corrected chi connectivity index (χ4v) is 2.60. The molecule has 0 unspecified atom stereocenters. The van der Waals surface area contributed by atoms with Crippen molar-refractivity contribution in [2.45, 2.75) is 39.0 Å². The molecule has 0 aliphatic rings. The predicted molar refractivity (Wildman–Crippen MR) is 104 cm³/mol. The van der Waals surface area contributed by atoms with Gasteiger partial charge in [-0.2, -0.15) is 0 Å². The van der Waals surface area contributed by atoms with Gasteiger partial charge in [0, 0.05) is 4.47 Å². The number of hydrogen-bond acceptors (Lipinski definition) is 1. The van der Waals surface area contributed by atoms with Crippen LogP contribution in [0.25, 0.3) is 12.2 Å². The Morgan fingerprint density at radius 2 is 1.35 bits per heavy atom. The Morgan fingerprint density at radius 3 is 1.96 bits per heavy atom. The number of rotatable bonds is 9. The maximum absolute atomic E-state index is 5.79. The fraction of sp³-hybridized carbons (Fsp3) is 0.333. The van der Waals surface area contributed by atoms with Crippen molar-refractivity contribution in [1.29, 1.82) is 0 Å². The molecule has 2 rings (SSSR count). The lowest BCUT2D eigenvalue weighted by molar-refractivity contribution is 0.304. The summed E-state index contributed by atoms with van der Waals surface area (Å²) in [7, 11) is 0. The van der Waals surface area contributed by atoms with Crippen molar-refractivity contribution in [2.75, 3.05) is 6.61 Å². The van der Waals surface area contributed by atoms with Crippen molar-refractivity contribution >= 4 is 28.1 Å². The van der Waals surface area contributed by atoms with E-state index in [1.165, 1.54) is 36.8 Å². The topological polar surface area (TPSA) is 9.23 Å². The monoisotopic (exact) mass is 372 g/mol. The first-order chi connectivity index (χ1) is 11.3. The summed E-state index contributed by atoms with van der Waals surface area (Å²) >= 11 is 3.45. The third-order valence-corrected chi connectivity index (χ3v) is 4.26. The van der Waals surface area contributed by atoms with E-state index in [4.69, 9.17) is 4.74 Å². The van der Waals surface area contributed by atoms with E-state index in [1.807, 2.05) is 12.1 Å². The minimum absolute atomic E-state index is 0.817. The fourth-order valence-electron chi connectivity index (χ4n) is 2.34. The Bertz CT molecular complexity index is 584. The molecule has 1 nitrogen and oxygen atoms in total. The average Bonchev–Trinajstić information content (AvgIpc) is 2.58. The molecule has 2 aromatic carbocycles. The zero-order valence-electron chi connectivity index (χ0n) is 13.8. The van der Waals surface area contributed by atoms with Crippen LogP contribution in [0.4, 0.5) is 0 Å². The molecule has 0 N–H and O–H groups in total. The van der Waals surface area contributed by atoms with Gasteiger partial charge in [-0.15, -0.1) is 0 Å². The molecule has 0 radical (unpaired) electrons. The van der Waals surface area contributed by atoms with Crippen molar-refractivity contribution in [3.63, 3.8) is 0 Å². The molecule has 0 bridgehead atoms. The summed E-state index contributed by atoms with van der Waals surface area (Å²) < 4.78 is 6.89. The quantitative estimate of drug-likeness (QED) is 0.341. The van der Waals surface area contributed by atoms with Gasteiger partial charge >= 0.3 is 0 Å². The maximum Gasteiger partial charge on any atom is 0.119 e. The first-order valence-corrected chi connectivity index (χ1v) is 9.24. The largest absolute Gasteiger partial charge is 0.494 e. The van der Waals surface area contributed by atoms with Crippen LogP contribution in [0.1, 0.15) is 50.2 Å². The van der Waals surface area contributed by atoms with Gasteiger partial charge in [-0.25, -0.2) is 0 Å². The molecule has 0 aromatic heterocycles. The van der Waals surface area contributed by atoms with Gasteiger partial charge in [-0.3, -0.25) is 0 Å². The van der Waals surface area contributed by atoms with Crippen LogP contribution in [0.5, 0.6) is 5.75 Å². The minimum atomic E-state index is 0.817. The normalized spacial score (nSPS) is 11.0. The second-order valence-corrected chi connectivity index (χ2v) is 6.63. The van der Waals surface area contributed by atoms with E-state index >= 15 is 0 Å². The van der Waals surface area contributed by atoms with E-state index in [2.05, 4.69) is 71.4 Å². The molecule has 0 heterocycles. The van der Waals surface area contributed by atoms with Gasteiger partial charge in [0.1, 0.15) is 5.75 Å². The molecule has 0 saturated heterocycles. The van der Waals surface area contributed by atoms with Crippen LogP contribution >= 0.6 is 15.9 Å². The lowest BCUT2D eigenvalue weighted by Crippen LogP contribution is -1.97. The van der Waals surface area contributed by atoms with Gasteiger partial charge in [0.15, 0.2) is 0 Å². The zero-order chi connectivity index (χ0) is 16.3. The van der Waals surface area contributed by atoms with Crippen LogP contribution in [0.15, 0.2) is 53.0 Å². The zero-order valence-corrected chi connectivity index (χ0v) is 15.4. The van der Waals surface area contributed by atoms with Crippen molar-refractivity contribution < 1.29 is 4.74 Å². The average molecular weight is 373 g/mol. The van der Waals surface area contributed by atoms with E-state index in [0.29, 0.717) is 0 Å². The molecule has 0 amide bonds. The SMILES string of the molecule is CCCCCCCOc1ccc(C=Cc2ccc(Br)cc2)cc1. The summed E-state index contributed by atoms with van der Waals surface area (Å²) in [5.41, 5.74) is 2.38. The minimum Gasteiger partial charge on any atom is -0.494 e. The molecule has 122 valence electrons. The van der Waals surface area contributed by atoms with Gasteiger partial charge in [-0.05, 0) is 41.8 Å². The van der Waals surface area contributed by atoms with Crippen molar-refractivity contribution in [2.24, 2.45) is 0 Å². The Balaban J connectivity index is 1.76. The van der Waals surface area contributed by atoms with Crippen molar-refractivity contribution in [3.05, 3.63) is 64.1 Å². The standard InChI is InChI=1S/C21H25BrO/c1-2-3-4-5-6-17-23-21-15-11-19(12-16-21)8-7-18-9-13-20(22)14-10-18/h7-16H,2-6,17H2,1H3. The smallest absolute Gasteiger partial charge is 0.119 e. The molecule has 0 saturated carbocycles. The van der Waals surface area contributed by atoms with E-state index in [1.54, 1.807) is 0 Å². The van der Waals surface area contributed by atoms with Gasteiger partial charge in [0.05, 0.1) is 6.61 Å². The Hall–Kier alpha value is -1.54. The highest BCUT2D eigenvalue weighted by atomic mass is 79.9. The first kappa shape index (κ1) is 17.8. The molecule has 0 aliphatic heterocycles. The summed E-state index contributed by atoms with van der Waals surface area (Å²) in [6, 6.07) is 16.6. The maximum atomic E-state index is 5.79. The Kier molecular flexibility index (Phi) is 7.96. The molecule has 2 aromatic rings. The van der Waals surface area contributed by atoms with E-state index in [-0.39, 0.29) is 0 Å². The molecule has 0 spiro atoms. The second kappa shape index (κ2) is 10.3. The predicted octanol–water partition coefficient (Wildman–Crippen LogP) is 6.97. The molecule has 23 heavy (non-hydrogen) atoms. The Labute approximate surface area is 148 Å². The van der Waals surface area contributed by atoms with Crippen LogP contribution in [-0.2, 0) is 0 Å². The lowest BCUT2D eigenvalue weighted by Gasteiger charge is -2.06.